The van der Waals surface area contributed by atoms with Crippen LogP contribution >= 0.6 is 11.3 Å². The van der Waals surface area contributed by atoms with Crippen LogP contribution in [0.4, 0.5) is 5.13 Å². The second kappa shape index (κ2) is 7.40. The van der Waals surface area contributed by atoms with Crippen molar-refractivity contribution in [3.8, 4) is 0 Å². The highest BCUT2D eigenvalue weighted by atomic mass is 32.1. The normalized spacial score (nSPS) is 23.3. The van der Waals surface area contributed by atoms with Gasteiger partial charge >= 0.3 is 0 Å². The monoisotopic (exact) mass is 348 g/mol. The van der Waals surface area contributed by atoms with Crippen molar-refractivity contribution in [2.75, 3.05) is 44.2 Å². The summed E-state index contributed by atoms with van der Waals surface area (Å²) in [4.78, 5) is 24.2. The third kappa shape index (κ3) is 3.59. The Labute approximate surface area is 148 Å². The summed E-state index contributed by atoms with van der Waals surface area (Å²) in [5.74, 6) is 0.721. The SMILES string of the molecule is O=C(C1CCC1)N1CCN(c2nc(CN3CCCCC3)cs2)CC1. The largest absolute Gasteiger partial charge is 0.345 e. The van der Waals surface area contributed by atoms with E-state index >= 15 is 0 Å². The highest BCUT2D eigenvalue weighted by Gasteiger charge is 2.31. The first kappa shape index (κ1) is 16.3. The number of carbonyl (C=O) groups excluding carboxylic acids is 1. The van der Waals surface area contributed by atoms with Gasteiger partial charge in [-0.15, -0.1) is 11.3 Å². The summed E-state index contributed by atoms with van der Waals surface area (Å²) in [5.41, 5.74) is 1.21. The molecule has 4 rings (SSSR count). The van der Waals surface area contributed by atoms with E-state index in [1.807, 2.05) is 0 Å². The zero-order chi connectivity index (χ0) is 16.4. The number of aromatic nitrogens is 1. The minimum atomic E-state index is 0.326. The molecule has 0 bridgehead atoms. The van der Waals surface area contributed by atoms with E-state index < -0.39 is 0 Å². The average molecular weight is 349 g/mol. The van der Waals surface area contributed by atoms with Gasteiger partial charge in [0.1, 0.15) is 0 Å². The fourth-order valence-corrected chi connectivity index (χ4v) is 4.76. The zero-order valence-corrected chi connectivity index (χ0v) is 15.3. The molecule has 0 N–H and O–H groups in total. The topological polar surface area (TPSA) is 39.7 Å². The van der Waals surface area contributed by atoms with Crippen LogP contribution in [0.5, 0.6) is 0 Å². The Bertz CT molecular complexity index is 557. The molecule has 2 saturated heterocycles. The average Bonchev–Trinajstić information content (AvgIpc) is 3.03. The van der Waals surface area contributed by atoms with Gasteiger partial charge in [0, 0.05) is 44.0 Å². The fourth-order valence-electron chi connectivity index (χ4n) is 3.89. The van der Waals surface area contributed by atoms with E-state index in [1.54, 1.807) is 11.3 Å². The van der Waals surface area contributed by atoms with Crippen molar-refractivity contribution in [2.24, 2.45) is 5.92 Å². The predicted molar refractivity (Wildman–Crippen MR) is 97.4 cm³/mol. The number of likely N-dealkylation sites (tertiary alicyclic amines) is 1. The lowest BCUT2D eigenvalue weighted by Gasteiger charge is -2.38. The van der Waals surface area contributed by atoms with Crippen LogP contribution in [0.15, 0.2) is 5.38 Å². The smallest absolute Gasteiger partial charge is 0.225 e. The number of carbonyl (C=O) groups is 1. The minimum Gasteiger partial charge on any atom is -0.345 e. The summed E-state index contributed by atoms with van der Waals surface area (Å²) >= 11 is 1.76. The first-order chi connectivity index (χ1) is 11.8. The van der Waals surface area contributed by atoms with Crippen LogP contribution in [0.1, 0.15) is 44.2 Å². The molecule has 0 atom stereocenters. The summed E-state index contributed by atoms with van der Waals surface area (Å²) < 4.78 is 0. The number of amides is 1. The van der Waals surface area contributed by atoms with E-state index in [9.17, 15) is 4.79 Å². The molecule has 5 nitrogen and oxygen atoms in total. The minimum absolute atomic E-state index is 0.326. The van der Waals surface area contributed by atoms with Crippen molar-refractivity contribution in [3.63, 3.8) is 0 Å². The fraction of sp³-hybridized carbons (Fsp3) is 0.778. The summed E-state index contributed by atoms with van der Waals surface area (Å²) in [6.45, 7) is 7.00. The summed E-state index contributed by atoms with van der Waals surface area (Å²) in [7, 11) is 0. The van der Waals surface area contributed by atoms with Gasteiger partial charge in [0.15, 0.2) is 5.13 Å². The number of hydrogen-bond donors (Lipinski definition) is 0. The lowest BCUT2D eigenvalue weighted by molar-refractivity contribution is -0.138. The van der Waals surface area contributed by atoms with Crippen LogP contribution in [0.25, 0.3) is 0 Å². The Hall–Kier alpha value is -1.14. The molecule has 3 heterocycles. The van der Waals surface area contributed by atoms with E-state index in [-0.39, 0.29) is 0 Å². The molecule has 0 aromatic carbocycles. The van der Waals surface area contributed by atoms with Crippen molar-refractivity contribution < 1.29 is 4.79 Å². The van der Waals surface area contributed by atoms with E-state index in [0.717, 1.165) is 50.7 Å². The lowest BCUT2D eigenvalue weighted by atomic mass is 9.84. The number of piperidine rings is 1. The molecule has 132 valence electrons. The number of anilines is 1. The molecule has 0 radical (unpaired) electrons. The van der Waals surface area contributed by atoms with Gasteiger partial charge in [-0.25, -0.2) is 4.98 Å². The molecule has 1 amide bonds. The van der Waals surface area contributed by atoms with Crippen LogP contribution in [0.3, 0.4) is 0 Å². The van der Waals surface area contributed by atoms with E-state index in [2.05, 4.69) is 20.1 Å². The predicted octanol–water partition coefficient (Wildman–Crippen LogP) is 2.58. The number of piperazine rings is 1. The van der Waals surface area contributed by atoms with Gasteiger partial charge in [0.05, 0.1) is 5.69 Å². The Balaban J connectivity index is 1.28. The van der Waals surface area contributed by atoms with Gasteiger partial charge < -0.3 is 9.80 Å². The van der Waals surface area contributed by atoms with E-state index in [0.29, 0.717) is 11.8 Å². The third-order valence-corrected chi connectivity index (χ3v) is 6.64. The Morgan fingerprint density at radius 1 is 1.04 bits per heavy atom. The zero-order valence-electron chi connectivity index (χ0n) is 14.5. The van der Waals surface area contributed by atoms with E-state index in [4.69, 9.17) is 4.98 Å². The quantitative estimate of drug-likeness (QED) is 0.838. The molecule has 1 aromatic heterocycles. The highest BCUT2D eigenvalue weighted by Crippen LogP contribution is 2.29. The van der Waals surface area contributed by atoms with Gasteiger partial charge in [-0.1, -0.05) is 12.8 Å². The third-order valence-electron chi connectivity index (χ3n) is 5.69. The first-order valence-electron chi connectivity index (χ1n) is 9.50. The molecule has 1 saturated carbocycles. The molecule has 3 aliphatic rings. The Kier molecular flexibility index (Phi) is 5.03. The number of nitrogens with zero attached hydrogens (tertiary/aromatic N) is 4. The first-order valence-corrected chi connectivity index (χ1v) is 10.4. The molecular weight excluding hydrogens is 320 g/mol. The maximum atomic E-state index is 12.3. The number of thiazole rings is 1. The highest BCUT2D eigenvalue weighted by molar-refractivity contribution is 7.13. The van der Waals surface area contributed by atoms with Crippen molar-refractivity contribution in [2.45, 2.75) is 45.1 Å². The van der Waals surface area contributed by atoms with Crippen molar-refractivity contribution in [1.82, 2.24) is 14.8 Å². The standard InChI is InChI=1S/C18H28N4OS/c23-17(15-5-4-6-15)21-9-11-22(12-10-21)18-19-16(14-24-18)13-20-7-2-1-3-8-20/h14-15H,1-13H2. The van der Waals surface area contributed by atoms with Crippen molar-refractivity contribution in [1.29, 1.82) is 0 Å². The van der Waals surface area contributed by atoms with Gasteiger partial charge in [-0.3, -0.25) is 9.69 Å². The van der Waals surface area contributed by atoms with Gasteiger partial charge in [0.25, 0.3) is 0 Å². The van der Waals surface area contributed by atoms with Crippen LogP contribution in [-0.2, 0) is 11.3 Å². The molecule has 0 unspecified atom stereocenters. The van der Waals surface area contributed by atoms with Gasteiger partial charge in [-0.05, 0) is 38.8 Å². The summed E-state index contributed by atoms with van der Waals surface area (Å²) in [5, 5.41) is 3.35. The number of rotatable bonds is 4. The Morgan fingerprint density at radius 3 is 2.46 bits per heavy atom. The molecule has 1 aromatic rings. The molecule has 2 aliphatic heterocycles. The second-order valence-electron chi connectivity index (χ2n) is 7.40. The van der Waals surface area contributed by atoms with Crippen LogP contribution < -0.4 is 4.90 Å². The van der Waals surface area contributed by atoms with Crippen molar-refractivity contribution >= 4 is 22.4 Å². The number of hydrogen-bond acceptors (Lipinski definition) is 5. The maximum absolute atomic E-state index is 12.3. The molecule has 6 heteroatoms. The molecule has 1 aliphatic carbocycles. The maximum Gasteiger partial charge on any atom is 0.225 e. The lowest BCUT2D eigenvalue weighted by Crippen LogP contribution is -2.51. The summed E-state index contributed by atoms with van der Waals surface area (Å²) in [6, 6.07) is 0. The molecule has 0 spiro atoms. The second-order valence-corrected chi connectivity index (χ2v) is 8.23. The molecule has 3 fully saturated rings. The van der Waals surface area contributed by atoms with Gasteiger partial charge in [0.2, 0.25) is 5.91 Å². The van der Waals surface area contributed by atoms with Gasteiger partial charge in [-0.2, -0.15) is 0 Å². The van der Waals surface area contributed by atoms with E-state index in [1.165, 1.54) is 44.5 Å². The van der Waals surface area contributed by atoms with Crippen LogP contribution in [0.2, 0.25) is 0 Å². The van der Waals surface area contributed by atoms with Crippen LogP contribution in [0, 0.1) is 5.92 Å². The van der Waals surface area contributed by atoms with Crippen LogP contribution in [-0.4, -0.2) is 60.0 Å². The molecular formula is C18H28N4OS. The Morgan fingerprint density at radius 2 is 1.79 bits per heavy atom. The molecule has 24 heavy (non-hydrogen) atoms. The summed E-state index contributed by atoms with van der Waals surface area (Å²) in [6.07, 6.45) is 7.47. The van der Waals surface area contributed by atoms with Crippen molar-refractivity contribution in [3.05, 3.63) is 11.1 Å².